The van der Waals surface area contributed by atoms with Crippen LogP contribution < -0.4 is 16.0 Å². The molecule has 0 unspecified atom stereocenters. The predicted octanol–water partition coefficient (Wildman–Crippen LogP) is 2.89. The fourth-order valence-corrected chi connectivity index (χ4v) is 3.50. The number of carbonyl (C=O) groups excluding carboxylic acids is 2. The van der Waals surface area contributed by atoms with Crippen molar-refractivity contribution in [2.45, 2.75) is 26.2 Å². The maximum Gasteiger partial charge on any atom is 0.248 e. The van der Waals surface area contributed by atoms with Crippen LogP contribution in [0.1, 0.15) is 35.7 Å². The van der Waals surface area contributed by atoms with E-state index in [-0.39, 0.29) is 17.4 Å². The molecule has 0 radical (unpaired) electrons. The molecule has 8 nitrogen and oxygen atoms in total. The Kier molecular flexibility index (Phi) is 4.89. The number of hydrogen-bond acceptors (Lipinski definition) is 5. The predicted molar refractivity (Wildman–Crippen MR) is 112 cm³/mol. The summed E-state index contributed by atoms with van der Waals surface area (Å²) in [7, 11) is 3.53. The van der Waals surface area contributed by atoms with Gasteiger partial charge in [0.05, 0.1) is 17.5 Å². The molecule has 1 saturated carbocycles. The third-order valence-electron chi connectivity index (χ3n) is 5.38. The molecule has 0 saturated heterocycles. The lowest BCUT2D eigenvalue weighted by Gasteiger charge is -2.23. The van der Waals surface area contributed by atoms with Crippen molar-refractivity contribution in [2.24, 2.45) is 18.7 Å². The van der Waals surface area contributed by atoms with Crippen molar-refractivity contribution in [1.29, 1.82) is 0 Å². The van der Waals surface area contributed by atoms with Gasteiger partial charge in [-0.1, -0.05) is 6.92 Å². The first-order valence-corrected chi connectivity index (χ1v) is 9.79. The molecule has 0 spiro atoms. The Morgan fingerprint density at radius 2 is 2.07 bits per heavy atom. The highest BCUT2D eigenvalue weighted by atomic mass is 19.1. The number of nitrogens with zero attached hydrogens (tertiary/aromatic N) is 4. The van der Waals surface area contributed by atoms with E-state index in [0.717, 1.165) is 24.4 Å². The number of rotatable bonds is 6. The van der Waals surface area contributed by atoms with Crippen molar-refractivity contribution in [3.05, 3.63) is 41.5 Å². The first kappa shape index (κ1) is 19.8. The highest BCUT2D eigenvalue weighted by Gasteiger charge is 2.30. The van der Waals surface area contributed by atoms with Gasteiger partial charge in [-0.15, -0.1) is 0 Å². The molecular formula is C21H23FN6O2. The topological polar surface area (TPSA) is 106 Å². The van der Waals surface area contributed by atoms with Gasteiger partial charge in [-0.2, -0.15) is 0 Å². The van der Waals surface area contributed by atoms with E-state index in [9.17, 15) is 14.0 Å². The molecular weight excluding hydrogens is 387 g/mol. The van der Waals surface area contributed by atoms with Crippen LogP contribution in [0.25, 0.3) is 11.0 Å². The third-order valence-corrected chi connectivity index (χ3v) is 5.38. The normalized spacial score (nSPS) is 13.5. The summed E-state index contributed by atoms with van der Waals surface area (Å²) in [6, 6.07) is 4.51. The first-order chi connectivity index (χ1) is 14.3. The molecule has 4 rings (SSSR count). The van der Waals surface area contributed by atoms with Crippen LogP contribution in [0.3, 0.4) is 0 Å². The highest BCUT2D eigenvalue weighted by molar-refractivity contribution is 6.00. The van der Waals surface area contributed by atoms with Gasteiger partial charge in [0.15, 0.2) is 5.82 Å². The van der Waals surface area contributed by atoms with Crippen LogP contribution in [0.15, 0.2) is 24.5 Å². The van der Waals surface area contributed by atoms with Gasteiger partial charge in [-0.3, -0.25) is 9.59 Å². The number of halogens is 1. The van der Waals surface area contributed by atoms with Crippen molar-refractivity contribution in [2.75, 3.05) is 17.3 Å². The number of aromatic nitrogens is 3. The molecule has 1 aliphatic rings. The number of benzene rings is 1. The highest BCUT2D eigenvalue weighted by Crippen LogP contribution is 2.35. The summed E-state index contributed by atoms with van der Waals surface area (Å²) in [4.78, 5) is 34.4. The Morgan fingerprint density at radius 1 is 1.33 bits per heavy atom. The van der Waals surface area contributed by atoms with Crippen LogP contribution in [-0.2, 0) is 18.3 Å². The van der Waals surface area contributed by atoms with E-state index in [1.807, 2.05) is 18.5 Å². The first-order valence-electron chi connectivity index (χ1n) is 9.79. The van der Waals surface area contributed by atoms with Crippen molar-refractivity contribution in [3.63, 3.8) is 0 Å². The number of pyridine rings is 1. The minimum absolute atomic E-state index is 0.0115. The zero-order valence-corrected chi connectivity index (χ0v) is 17.1. The number of aryl methyl sites for hydroxylation is 2. The number of nitrogens with one attached hydrogen (secondary N) is 1. The second kappa shape index (κ2) is 7.40. The Bertz CT molecular complexity index is 1170. The third kappa shape index (κ3) is 3.47. The number of primary amides is 1. The Hall–Kier alpha value is -3.49. The number of nitrogens with two attached hydrogens (primary N) is 1. The number of amides is 2. The van der Waals surface area contributed by atoms with E-state index in [0.29, 0.717) is 34.8 Å². The van der Waals surface area contributed by atoms with E-state index in [4.69, 9.17) is 5.73 Å². The second-order valence-corrected chi connectivity index (χ2v) is 7.56. The summed E-state index contributed by atoms with van der Waals surface area (Å²) in [5.41, 5.74) is 7.70. The minimum atomic E-state index is -0.683. The number of anilines is 3. The molecule has 156 valence electrons. The lowest BCUT2D eigenvalue weighted by Crippen LogP contribution is -2.19. The summed E-state index contributed by atoms with van der Waals surface area (Å²) < 4.78 is 16.8. The number of hydrogen-bond donors (Lipinski definition) is 2. The van der Waals surface area contributed by atoms with Gasteiger partial charge < -0.3 is 20.5 Å². The van der Waals surface area contributed by atoms with Gasteiger partial charge in [0.25, 0.3) is 0 Å². The van der Waals surface area contributed by atoms with Crippen LogP contribution in [0.4, 0.5) is 21.7 Å². The van der Waals surface area contributed by atoms with Crippen LogP contribution in [0, 0.1) is 11.7 Å². The standard InChI is InChI=1S/C21H23FN6O2/c1-4-11-7-13(19(23)29)8-14(22)18(11)28(3)16-9-15-17(24-10-27(15)2)20(25-16)26-21(30)12-5-6-12/h7-10,12H,4-6H2,1-3H3,(H2,23,29)(H,25,26,30). The average Bonchev–Trinajstić information content (AvgIpc) is 3.50. The zero-order chi connectivity index (χ0) is 21.6. The largest absolute Gasteiger partial charge is 0.366 e. The van der Waals surface area contributed by atoms with Crippen molar-refractivity contribution < 1.29 is 14.0 Å². The van der Waals surface area contributed by atoms with Gasteiger partial charge in [0, 0.05) is 31.6 Å². The van der Waals surface area contributed by atoms with Gasteiger partial charge >= 0.3 is 0 Å². The molecule has 1 aliphatic carbocycles. The van der Waals surface area contributed by atoms with E-state index in [1.54, 1.807) is 30.4 Å². The Morgan fingerprint density at radius 3 is 2.70 bits per heavy atom. The molecule has 2 amide bonds. The van der Waals surface area contributed by atoms with Crippen LogP contribution in [-0.4, -0.2) is 33.4 Å². The molecule has 30 heavy (non-hydrogen) atoms. The molecule has 1 aromatic carbocycles. The van der Waals surface area contributed by atoms with Crippen molar-refractivity contribution in [1.82, 2.24) is 14.5 Å². The molecule has 9 heteroatoms. The van der Waals surface area contributed by atoms with Crippen LogP contribution in [0.2, 0.25) is 0 Å². The zero-order valence-electron chi connectivity index (χ0n) is 17.1. The van der Waals surface area contributed by atoms with Gasteiger partial charge in [0.1, 0.15) is 17.2 Å². The molecule has 0 bridgehead atoms. The van der Waals surface area contributed by atoms with E-state index >= 15 is 0 Å². The summed E-state index contributed by atoms with van der Waals surface area (Å²) in [6.07, 6.45) is 3.88. The Balaban J connectivity index is 1.82. The molecule has 0 aliphatic heterocycles. The number of carbonyl (C=O) groups is 2. The van der Waals surface area contributed by atoms with Gasteiger partial charge in [0.2, 0.25) is 11.8 Å². The summed E-state index contributed by atoms with van der Waals surface area (Å²) >= 11 is 0. The molecule has 3 aromatic rings. The molecule has 2 aromatic heterocycles. The molecule has 1 fully saturated rings. The summed E-state index contributed by atoms with van der Waals surface area (Å²) in [5.74, 6) is -0.534. The molecule has 3 N–H and O–H groups in total. The van der Waals surface area contributed by atoms with E-state index < -0.39 is 11.7 Å². The monoisotopic (exact) mass is 410 g/mol. The fourth-order valence-electron chi connectivity index (χ4n) is 3.50. The van der Waals surface area contributed by atoms with Gasteiger partial charge in [-0.25, -0.2) is 14.4 Å². The smallest absolute Gasteiger partial charge is 0.248 e. The lowest BCUT2D eigenvalue weighted by atomic mass is 10.0. The fraction of sp³-hybridized carbons (Fsp3) is 0.333. The minimum Gasteiger partial charge on any atom is -0.366 e. The maximum absolute atomic E-state index is 15.0. The van der Waals surface area contributed by atoms with Gasteiger partial charge in [-0.05, 0) is 37.0 Å². The SMILES string of the molecule is CCc1cc(C(N)=O)cc(F)c1N(C)c1cc2c(ncn2C)c(NC(=O)C2CC2)n1. The quantitative estimate of drug-likeness (QED) is 0.650. The van der Waals surface area contributed by atoms with Crippen LogP contribution >= 0.6 is 0 Å². The number of imidazole rings is 1. The van der Waals surface area contributed by atoms with Crippen molar-refractivity contribution >= 4 is 40.2 Å². The summed E-state index contributed by atoms with van der Waals surface area (Å²) in [6.45, 7) is 1.87. The second-order valence-electron chi connectivity index (χ2n) is 7.56. The molecule has 2 heterocycles. The number of fused-ring (bicyclic) bond motifs is 1. The van der Waals surface area contributed by atoms with Crippen LogP contribution in [0.5, 0.6) is 0 Å². The maximum atomic E-state index is 15.0. The van der Waals surface area contributed by atoms with E-state index in [2.05, 4.69) is 15.3 Å². The van der Waals surface area contributed by atoms with Crippen molar-refractivity contribution in [3.8, 4) is 0 Å². The average molecular weight is 410 g/mol. The lowest BCUT2D eigenvalue weighted by molar-refractivity contribution is -0.117. The Labute approximate surface area is 172 Å². The molecule has 0 atom stereocenters. The van der Waals surface area contributed by atoms with E-state index in [1.165, 1.54) is 0 Å². The summed E-state index contributed by atoms with van der Waals surface area (Å²) in [5, 5.41) is 2.87.